The number of hydrogen-bond donors (Lipinski definition) is 1. The summed E-state index contributed by atoms with van der Waals surface area (Å²) in [6, 6.07) is 2.34. The van der Waals surface area contributed by atoms with Gasteiger partial charge in [0, 0.05) is 37.9 Å². The molecule has 1 atom stereocenters. The minimum atomic E-state index is 0.191. The zero-order valence-electron chi connectivity index (χ0n) is 8.33. The largest absolute Gasteiger partial charge is 0.359 e. The van der Waals surface area contributed by atoms with Crippen molar-refractivity contribution in [2.45, 2.75) is 25.9 Å². The van der Waals surface area contributed by atoms with Gasteiger partial charge in [-0.05, 0) is 12.5 Å². The van der Waals surface area contributed by atoms with Crippen LogP contribution >= 0.6 is 0 Å². The SMILES string of the molecule is CCC(N)c1ccn2c1N(C)CC2. The molecule has 0 radical (unpaired) electrons. The molecule has 1 aliphatic rings. The van der Waals surface area contributed by atoms with Gasteiger partial charge in [0.05, 0.1) is 0 Å². The minimum Gasteiger partial charge on any atom is -0.359 e. The molecule has 72 valence electrons. The fraction of sp³-hybridized carbons (Fsp3) is 0.600. The smallest absolute Gasteiger partial charge is 0.113 e. The molecular weight excluding hydrogens is 162 g/mol. The van der Waals surface area contributed by atoms with Crippen molar-refractivity contribution >= 4 is 5.82 Å². The van der Waals surface area contributed by atoms with Crippen LogP contribution < -0.4 is 10.6 Å². The lowest BCUT2D eigenvalue weighted by Crippen LogP contribution is -2.17. The van der Waals surface area contributed by atoms with E-state index in [-0.39, 0.29) is 6.04 Å². The third-order valence-electron chi connectivity index (χ3n) is 2.84. The highest BCUT2D eigenvalue weighted by molar-refractivity contribution is 5.52. The van der Waals surface area contributed by atoms with E-state index in [1.165, 1.54) is 11.4 Å². The van der Waals surface area contributed by atoms with Gasteiger partial charge < -0.3 is 15.2 Å². The van der Waals surface area contributed by atoms with Crippen LogP contribution in [-0.4, -0.2) is 18.2 Å². The Morgan fingerprint density at radius 3 is 3.00 bits per heavy atom. The van der Waals surface area contributed by atoms with Gasteiger partial charge in [0.1, 0.15) is 5.82 Å². The van der Waals surface area contributed by atoms with Crippen molar-refractivity contribution in [3.8, 4) is 0 Å². The summed E-state index contributed by atoms with van der Waals surface area (Å²) in [5, 5.41) is 0. The third kappa shape index (κ3) is 1.23. The van der Waals surface area contributed by atoms with Crippen LogP contribution in [0.1, 0.15) is 24.9 Å². The lowest BCUT2D eigenvalue weighted by atomic mass is 10.1. The van der Waals surface area contributed by atoms with Crippen molar-refractivity contribution in [3.05, 3.63) is 17.8 Å². The van der Waals surface area contributed by atoms with E-state index >= 15 is 0 Å². The molecule has 0 saturated carbocycles. The predicted molar refractivity (Wildman–Crippen MR) is 54.9 cm³/mol. The maximum absolute atomic E-state index is 6.03. The van der Waals surface area contributed by atoms with Crippen molar-refractivity contribution < 1.29 is 0 Å². The third-order valence-corrected chi connectivity index (χ3v) is 2.84. The molecule has 2 heterocycles. The Balaban J connectivity index is 2.38. The highest BCUT2D eigenvalue weighted by Gasteiger charge is 2.21. The molecule has 1 aromatic rings. The number of anilines is 1. The Morgan fingerprint density at radius 1 is 1.54 bits per heavy atom. The predicted octanol–water partition coefficient (Wildman–Crippen LogP) is 1.35. The maximum Gasteiger partial charge on any atom is 0.113 e. The van der Waals surface area contributed by atoms with Crippen LogP contribution in [0.2, 0.25) is 0 Å². The first-order valence-electron chi connectivity index (χ1n) is 4.89. The molecule has 13 heavy (non-hydrogen) atoms. The summed E-state index contributed by atoms with van der Waals surface area (Å²) >= 11 is 0. The second kappa shape index (κ2) is 3.07. The summed E-state index contributed by atoms with van der Waals surface area (Å²) in [6.07, 6.45) is 3.15. The molecule has 3 heteroatoms. The van der Waals surface area contributed by atoms with Gasteiger partial charge in [-0.2, -0.15) is 0 Å². The molecule has 0 aliphatic carbocycles. The number of fused-ring (bicyclic) bond motifs is 1. The number of aromatic nitrogens is 1. The molecule has 0 amide bonds. The van der Waals surface area contributed by atoms with Gasteiger partial charge in [-0.3, -0.25) is 0 Å². The molecule has 2 rings (SSSR count). The molecule has 1 unspecified atom stereocenters. The van der Waals surface area contributed by atoms with Crippen molar-refractivity contribution in [1.82, 2.24) is 4.57 Å². The zero-order chi connectivity index (χ0) is 9.42. The Kier molecular flexibility index (Phi) is 2.04. The maximum atomic E-state index is 6.03. The average Bonchev–Trinajstić information content (AvgIpc) is 2.68. The fourth-order valence-electron chi connectivity index (χ4n) is 1.97. The van der Waals surface area contributed by atoms with Crippen molar-refractivity contribution in [1.29, 1.82) is 0 Å². The topological polar surface area (TPSA) is 34.2 Å². The fourth-order valence-corrected chi connectivity index (χ4v) is 1.97. The lowest BCUT2D eigenvalue weighted by molar-refractivity contribution is 0.698. The molecule has 1 aromatic heterocycles. The molecule has 0 bridgehead atoms. The Hall–Kier alpha value is -0.960. The summed E-state index contributed by atoms with van der Waals surface area (Å²) < 4.78 is 2.28. The first-order chi connectivity index (χ1) is 6.24. The molecule has 2 N–H and O–H groups in total. The van der Waals surface area contributed by atoms with Crippen LogP contribution in [0.15, 0.2) is 12.3 Å². The van der Waals surface area contributed by atoms with E-state index in [4.69, 9.17) is 5.73 Å². The lowest BCUT2D eigenvalue weighted by Gasteiger charge is -2.15. The van der Waals surface area contributed by atoms with Gasteiger partial charge in [-0.25, -0.2) is 0 Å². The monoisotopic (exact) mass is 179 g/mol. The van der Waals surface area contributed by atoms with Crippen molar-refractivity contribution in [3.63, 3.8) is 0 Å². The summed E-state index contributed by atoms with van der Waals surface area (Å²) in [6.45, 7) is 4.34. The van der Waals surface area contributed by atoms with E-state index in [0.29, 0.717) is 0 Å². The average molecular weight is 179 g/mol. The van der Waals surface area contributed by atoms with Gasteiger partial charge >= 0.3 is 0 Å². The molecule has 1 aliphatic heterocycles. The van der Waals surface area contributed by atoms with Gasteiger partial charge in [0.2, 0.25) is 0 Å². The summed E-state index contributed by atoms with van der Waals surface area (Å²) in [5.41, 5.74) is 7.33. The molecule has 3 nitrogen and oxygen atoms in total. The van der Waals surface area contributed by atoms with Crippen LogP contribution in [0.3, 0.4) is 0 Å². The number of nitrogens with zero attached hydrogens (tertiary/aromatic N) is 2. The van der Waals surface area contributed by atoms with E-state index in [1.54, 1.807) is 0 Å². The zero-order valence-corrected chi connectivity index (χ0v) is 8.33. The van der Waals surface area contributed by atoms with Crippen LogP contribution in [0, 0.1) is 0 Å². The van der Waals surface area contributed by atoms with Gasteiger partial charge in [-0.15, -0.1) is 0 Å². The molecule has 0 saturated heterocycles. The highest BCUT2D eigenvalue weighted by atomic mass is 15.3. The van der Waals surface area contributed by atoms with E-state index in [0.717, 1.165) is 19.5 Å². The van der Waals surface area contributed by atoms with Gasteiger partial charge in [0.15, 0.2) is 0 Å². The summed E-state index contributed by atoms with van der Waals surface area (Å²) in [4.78, 5) is 2.28. The summed E-state index contributed by atoms with van der Waals surface area (Å²) in [5.74, 6) is 1.31. The van der Waals surface area contributed by atoms with Crippen molar-refractivity contribution in [2.24, 2.45) is 5.73 Å². The quantitative estimate of drug-likeness (QED) is 0.743. The van der Waals surface area contributed by atoms with Crippen LogP contribution in [-0.2, 0) is 6.54 Å². The summed E-state index contributed by atoms with van der Waals surface area (Å²) in [7, 11) is 2.13. The van der Waals surface area contributed by atoms with Crippen LogP contribution in [0.25, 0.3) is 0 Å². The van der Waals surface area contributed by atoms with Gasteiger partial charge in [0.25, 0.3) is 0 Å². The van der Waals surface area contributed by atoms with E-state index in [2.05, 4.69) is 35.7 Å². The van der Waals surface area contributed by atoms with E-state index in [9.17, 15) is 0 Å². The highest BCUT2D eigenvalue weighted by Crippen LogP contribution is 2.30. The van der Waals surface area contributed by atoms with E-state index < -0.39 is 0 Å². The molecular formula is C10H17N3. The molecule has 0 fully saturated rings. The minimum absolute atomic E-state index is 0.191. The standard InChI is InChI=1S/C10H17N3/c1-3-9(11)8-4-5-13-7-6-12(2)10(8)13/h4-5,9H,3,6-7,11H2,1-2H3. The van der Waals surface area contributed by atoms with Gasteiger partial charge in [-0.1, -0.05) is 6.92 Å². The normalized spacial score (nSPS) is 17.6. The van der Waals surface area contributed by atoms with Crippen molar-refractivity contribution in [2.75, 3.05) is 18.5 Å². The van der Waals surface area contributed by atoms with E-state index in [1.807, 2.05) is 0 Å². The second-order valence-electron chi connectivity index (χ2n) is 3.72. The first-order valence-corrected chi connectivity index (χ1v) is 4.89. The number of nitrogens with two attached hydrogens (primary N) is 1. The van der Waals surface area contributed by atoms with Crippen LogP contribution in [0.4, 0.5) is 5.82 Å². The molecule has 0 spiro atoms. The first kappa shape index (κ1) is 8.63. The number of likely N-dealkylation sites (N-methyl/N-ethyl adjacent to an activating group) is 1. The Bertz CT molecular complexity index is 303. The van der Waals surface area contributed by atoms with Crippen LogP contribution in [0.5, 0.6) is 0 Å². The Morgan fingerprint density at radius 2 is 2.31 bits per heavy atom. The number of rotatable bonds is 2. The Labute approximate surface area is 79.1 Å². The molecule has 0 aromatic carbocycles. The second-order valence-corrected chi connectivity index (χ2v) is 3.72. The number of hydrogen-bond acceptors (Lipinski definition) is 2.